The van der Waals surface area contributed by atoms with Gasteiger partial charge in [0.1, 0.15) is 5.82 Å². The molecule has 0 aliphatic carbocycles. The number of carbonyl (C=O) groups is 1. The van der Waals surface area contributed by atoms with Crippen LogP contribution in [0.4, 0.5) is 10.1 Å². The van der Waals surface area contributed by atoms with Crippen molar-refractivity contribution in [2.24, 2.45) is 5.73 Å². The summed E-state index contributed by atoms with van der Waals surface area (Å²) in [6, 6.07) is 9.78. The van der Waals surface area contributed by atoms with Gasteiger partial charge >= 0.3 is 0 Å². The molecule has 1 atom stereocenters. The first-order chi connectivity index (χ1) is 10.0. The van der Waals surface area contributed by atoms with Gasteiger partial charge in [-0.05, 0) is 47.4 Å². The van der Waals surface area contributed by atoms with E-state index in [1.807, 2.05) is 18.2 Å². The van der Waals surface area contributed by atoms with E-state index < -0.39 is 6.04 Å². The Kier molecular flexibility index (Phi) is 3.78. The molecule has 0 radical (unpaired) electrons. The van der Waals surface area contributed by atoms with Crippen molar-refractivity contribution >= 4 is 27.5 Å². The molecular formula is C16H14BrFN2O. The molecule has 1 unspecified atom stereocenters. The molecule has 1 aliphatic heterocycles. The highest BCUT2D eigenvalue weighted by atomic mass is 79.9. The van der Waals surface area contributed by atoms with E-state index in [9.17, 15) is 9.18 Å². The molecule has 0 saturated carbocycles. The fourth-order valence-electron chi connectivity index (χ4n) is 2.53. The van der Waals surface area contributed by atoms with E-state index in [0.717, 1.165) is 21.3 Å². The number of benzene rings is 2. The van der Waals surface area contributed by atoms with E-state index in [0.29, 0.717) is 18.4 Å². The molecule has 3 rings (SSSR count). The molecule has 1 aliphatic rings. The van der Waals surface area contributed by atoms with Crippen LogP contribution < -0.4 is 11.1 Å². The molecule has 0 saturated heterocycles. The number of anilines is 1. The lowest BCUT2D eigenvalue weighted by Gasteiger charge is -2.20. The third-order valence-corrected chi connectivity index (χ3v) is 4.40. The third-order valence-electron chi connectivity index (χ3n) is 3.68. The van der Waals surface area contributed by atoms with Gasteiger partial charge in [0.15, 0.2) is 0 Å². The minimum atomic E-state index is -0.419. The van der Waals surface area contributed by atoms with Gasteiger partial charge in [-0.3, -0.25) is 4.79 Å². The molecule has 108 valence electrons. The molecule has 1 amide bonds. The largest absolute Gasteiger partial charge is 0.326 e. The number of hydrogen-bond acceptors (Lipinski definition) is 2. The average Bonchev–Trinajstić information content (AvgIpc) is 2.48. The number of carbonyl (C=O) groups excluding carboxylic acids is 1. The summed E-state index contributed by atoms with van der Waals surface area (Å²) in [5, 5.41) is 2.84. The summed E-state index contributed by atoms with van der Waals surface area (Å²) in [5.41, 5.74) is 9.76. The van der Waals surface area contributed by atoms with Crippen LogP contribution in [-0.2, 0) is 11.2 Å². The first kappa shape index (κ1) is 14.2. The SMILES string of the molecule is NC(c1ccc2c(c1)CCC(=O)N2)c1cc(F)ccc1Br. The Labute approximate surface area is 130 Å². The standard InChI is InChI=1S/C16H14BrFN2O/c17-13-4-3-11(18)8-12(13)16(19)10-1-5-14-9(7-10)2-6-15(21)20-14/h1,3-5,7-8,16H,2,6,19H2,(H,20,21). The number of rotatable bonds is 2. The lowest BCUT2D eigenvalue weighted by Crippen LogP contribution is -2.20. The van der Waals surface area contributed by atoms with Crippen LogP contribution in [-0.4, -0.2) is 5.91 Å². The Hall–Kier alpha value is -1.72. The number of fused-ring (bicyclic) bond motifs is 1. The number of halogens is 2. The van der Waals surface area contributed by atoms with Crippen LogP contribution in [0.1, 0.15) is 29.2 Å². The predicted molar refractivity (Wildman–Crippen MR) is 83.5 cm³/mol. The maximum absolute atomic E-state index is 13.4. The monoisotopic (exact) mass is 348 g/mol. The smallest absolute Gasteiger partial charge is 0.224 e. The topological polar surface area (TPSA) is 55.1 Å². The van der Waals surface area contributed by atoms with Crippen LogP contribution in [0.25, 0.3) is 0 Å². The third kappa shape index (κ3) is 2.84. The van der Waals surface area contributed by atoms with Gasteiger partial charge in [0.05, 0.1) is 6.04 Å². The molecule has 1 heterocycles. The molecule has 0 aromatic heterocycles. The zero-order chi connectivity index (χ0) is 15.0. The molecule has 3 N–H and O–H groups in total. The maximum atomic E-state index is 13.4. The molecular weight excluding hydrogens is 335 g/mol. The molecule has 3 nitrogen and oxygen atoms in total. The highest BCUT2D eigenvalue weighted by molar-refractivity contribution is 9.10. The van der Waals surface area contributed by atoms with Crippen molar-refractivity contribution in [3.63, 3.8) is 0 Å². The zero-order valence-electron chi connectivity index (χ0n) is 11.2. The van der Waals surface area contributed by atoms with E-state index in [1.165, 1.54) is 12.1 Å². The second-order valence-corrected chi connectivity index (χ2v) is 5.96. The zero-order valence-corrected chi connectivity index (χ0v) is 12.8. The van der Waals surface area contributed by atoms with Crippen LogP contribution in [0.15, 0.2) is 40.9 Å². The van der Waals surface area contributed by atoms with Crippen molar-refractivity contribution in [1.29, 1.82) is 0 Å². The van der Waals surface area contributed by atoms with Gasteiger partial charge in [0.2, 0.25) is 5.91 Å². The summed E-state index contributed by atoms with van der Waals surface area (Å²) in [6.07, 6.45) is 1.18. The van der Waals surface area contributed by atoms with Crippen LogP contribution in [0.3, 0.4) is 0 Å². The molecule has 5 heteroatoms. The van der Waals surface area contributed by atoms with Crippen molar-refractivity contribution < 1.29 is 9.18 Å². The summed E-state index contributed by atoms with van der Waals surface area (Å²) in [6.45, 7) is 0. The highest BCUT2D eigenvalue weighted by Crippen LogP contribution is 2.31. The van der Waals surface area contributed by atoms with Gasteiger partial charge in [-0.2, -0.15) is 0 Å². The van der Waals surface area contributed by atoms with Gasteiger partial charge in [-0.15, -0.1) is 0 Å². The Bertz CT molecular complexity index is 717. The van der Waals surface area contributed by atoms with Gasteiger partial charge < -0.3 is 11.1 Å². The Morgan fingerprint density at radius 2 is 2.00 bits per heavy atom. The molecule has 0 fully saturated rings. The van der Waals surface area contributed by atoms with Crippen LogP contribution >= 0.6 is 15.9 Å². The molecule has 0 spiro atoms. The van der Waals surface area contributed by atoms with Crippen molar-refractivity contribution in [2.45, 2.75) is 18.9 Å². The summed E-state index contributed by atoms with van der Waals surface area (Å²) < 4.78 is 14.2. The minimum absolute atomic E-state index is 0.0347. The number of amides is 1. The van der Waals surface area contributed by atoms with Crippen molar-refractivity contribution in [2.75, 3.05) is 5.32 Å². The maximum Gasteiger partial charge on any atom is 0.224 e. The number of nitrogens with one attached hydrogen (secondary N) is 1. The van der Waals surface area contributed by atoms with E-state index in [2.05, 4.69) is 21.2 Å². The van der Waals surface area contributed by atoms with Gasteiger partial charge in [0, 0.05) is 16.6 Å². The molecule has 2 aromatic carbocycles. The molecule has 21 heavy (non-hydrogen) atoms. The summed E-state index contributed by atoms with van der Waals surface area (Å²) in [7, 11) is 0. The predicted octanol–water partition coefficient (Wildman–Crippen LogP) is 3.52. The van der Waals surface area contributed by atoms with E-state index in [-0.39, 0.29) is 11.7 Å². The highest BCUT2D eigenvalue weighted by Gasteiger charge is 2.18. The average molecular weight is 349 g/mol. The quantitative estimate of drug-likeness (QED) is 0.872. The van der Waals surface area contributed by atoms with Gasteiger partial charge in [-0.1, -0.05) is 28.1 Å². The van der Waals surface area contributed by atoms with Gasteiger partial charge in [0.25, 0.3) is 0 Å². The van der Waals surface area contributed by atoms with Gasteiger partial charge in [-0.25, -0.2) is 4.39 Å². The second kappa shape index (κ2) is 5.58. The van der Waals surface area contributed by atoms with E-state index >= 15 is 0 Å². The normalized spacial score (nSPS) is 15.3. The molecule has 0 bridgehead atoms. The van der Waals surface area contributed by atoms with Crippen molar-refractivity contribution in [1.82, 2.24) is 0 Å². The fourth-order valence-corrected chi connectivity index (χ4v) is 3.02. The lowest BCUT2D eigenvalue weighted by atomic mass is 9.94. The summed E-state index contributed by atoms with van der Waals surface area (Å²) >= 11 is 3.41. The minimum Gasteiger partial charge on any atom is -0.326 e. The molecule has 2 aromatic rings. The number of hydrogen-bond donors (Lipinski definition) is 2. The summed E-state index contributed by atoms with van der Waals surface area (Å²) in [4.78, 5) is 11.4. The Balaban J connectivity index is 1.97. The first-order valence-corrected chi connectivity index (χ1v) is 7.47. The Morgan fingerprint density at radius 1 is 1.19 bits per heavy atom. The summed E-state index contributed by atoms with van der Waals surface area (Å²) in [5.74, 6) is -0.277. The Morgan fingerprint density at radius 3 is 2.81 bits per heavy atom. The number of nitrogens with two attached hydrogens (primary N) is 1. The van der Waals surface area contributed by atoms with Crippen LogP contribution in [0.2, 0.25) is 0 Å². The van der Waals surface area contributed by atoms with E-state index in [1.54, 1.807) is 6.07 Å². The van der Waals surface area contributed by atoms with Crippen molar-refractivity contribution in [3.8, 4) is 0 Å². The van der Waals surface area contributed by atoms with Crippen LogP contribution in [0.5, 0.6) is 0 Å². The van der Waals surface area contributed by atoms with Crippen molar-refractivity contribution in [3.05, 3.63) is 63.4 Å². The van der Waals surface area contributed by atoms with E-state index in [4.69, 9.17) is 5.73 Å². The number of aryl methyl sites for hydroxylation is 1. The van der Waals surface area contributed by atoms with Crippen LogP contribution in [0, 0.1) is 5.82 Å². The first-order valence-electron chi connectivity index (χ1n) is 6.68. The second-order valence-electron chi connectivity index (χ2n) is 5.11. The lowest BCUT2D eigenvalue weighted by molar-refractivity contribution is -0.116. The fraction of sp³-hybridized carbons (Fsp3) is 0.188.